The summed E-state index contributed by atoms with van der Waals surface area (Å²) in [4.78, 5) is 4.37. The lowest BCUT2D eigenvalue weighted by molar-refractivity contribution is 0.00973. The fraction of sp³-hybridized carbons (Fsp3) is 0.467. The van der Waals surface area contributed by atoms with E-state index in [9.17, 15) is 0 Å². The summed E-state index contributed by atoms with van der Waals surface area (Å²) in [5.74, 6) is 1.24. The molecule has 2 rings (SSSR count). The molecule has 1 heterocycles. The van der Waals surface area contributed by atoms with Crippen molar-refractivity contribution >= 4 is 5.69 Å². The molecular weight excluding hydrogens is 254 g/mol. The number of benzene rings is 1. The highest BCUT2D eigenvalue weighted by atomic mass is 16.5. The van der Waals surface area contributed by atoms with Gasteiger partial charge in [-0.3, -0.25) is 0 Å². The van der Waals surface area contributed by atoms with E-state index in [1.165, 1.54) is 0 Å². The van der Waals surface area contributed by atoms with E-state index in [4.69, 9.17) is 9.26 Å². The van der Waals surface area contributed by atoms with Crippen molar-refractivity contribution in [1.82, 2.24) is 10.1 Å². The van der Waals surface area contributed by atoms with Crippen LogP contribution in [-0.2, 0) is 16.8 Å². The Morgan fingerprint density at radius 1 is 1.25 bits per heavy atom. The number of hydrogen-bond donors (Lipinski definition) is 1. The van der Waals surface area contributed by atoms with Gasteiger partial charge in [0.05, 0.1) is 0 Å². The first-order valence-electron chi connectivity index (χ1n) is 6.79. The molecule has 1 aromatic carbocycles. The zero-order valence-electron chi connectivity index (χ0n) is 12.2. The van der Waals surface area contributed by atoms with Gasteiger partial charge in [-0.1, -0.05) is 23.4 Å². The third-order valence-corrected chi connectivity index (χ3v) is 3.19. The Kier molecular flexibility index (Phi) is 4.74. The van der Waals surface area contributed by atoms with Crippen LogP contribution >= 0.6 is 0 Å². The standard InChI is InChI=1S/C15H21N3O2/c1-15(2,19-3)14-17-13(20-18-14)10-7-11-16-12-8-5-4-6-9-12/h4-6,8-9,16H,7,10-11H2,1-3H3. The molecule has 5 heteroatoms. The highest BCUT2D eigenvalue weighted by Gasteiger charge is 2.25. The molecule has 0 aliphatic rings. The number of aryl methyl sites for hydroxylation is 1. The molecule has 0 radical (unpaired) electrons. The molecule has 2 aromatic rings. The Bertz CT molecular complexity index is 523. The van der Waals surface area contributed by atoms with Gasteiger partial charge >= 0.3 is 0 Å². The van der Waals surface area contributed by atoms with E-state index in [-0.39, 0.29) is 0 Å². The SMILES string of the molecule is COC(C)(C)c1noc(CCCNc2ccccc2)n1. The first-order valence-corrected chi connectivity index (χ1v) is 6.79. The number of para-hydroxylation sites is 1. The Morgan fingerprint density at radius 3 is 2.70 bits per heavy atom. The largest absolute Gasteiger partial charge is 0.385 e. The molecule has 1 aromatic heterocycles. The molecule has 0 atom stereocenters. The number of anilines is 1. The summed E-state index contributed by atoms with van der Waals surface area (Å²) in [6, 6.07) is 10.1. The first-order chi connectivity index (χ1) is 9.62. The Balaban J connectivity index is 1.78. The topological polar surface area (TPSA) is 60.2 Å². The van der Waals surface area contributed by atoms with Gasteiger partial charge in [0, 0.05) is 25.8 Å². The van der Waals surface area contributed by atoms with E-state index in [2.05, 4.69) is 15.5 Å². The molecule has 20 heavy (non-hydrogen) atoms. The molecule has 5 nitrogen and oxygen atoms in total. The van der Waals surface area contributed by atoms with E-state index >= 15 is 0 Å². The third kappa shape index (κ3) is 3.81. The second kappa shape index (κ2) is 6.52. The number of hydrogen-bond acceptors (Lipinski definition) is 5. The van der Waals surface area contributed by atoms with Crippen molar-refractivity contribution in [2.45, 2.75) is 32.3 Å². The summed E-state index contributed by atoms with van der Waals surface area (Å²) >= 11 is 0. The average molecular weight is 275 g/mol. The summed E-state index contributed by atoms with van der Waals surface area (Å²) in [6.07, 6.45) is 1.69. The summed E-state index contributed by atoms with van der Waals surface area (Å²) in [5.41, 5.74) is 0.614. The van der Waals surface area contributed by atoms with Crippen LogP contribution in [0, 0.1) is 0 Å². The van der Waals surface area contributed by atoms with Crippen LogP contribution in [0.5, 0.6) is 0 Å². The molecule has 0 unspecified atom stereocenters. The fourth-order valence-electron chi connectivity index (χ4n) is 1.72. The molecule has 0 bridgehead atoms. The molecule has 0 aliphatic heterocycles. The summed E-state index contributed by atoms with van der Waals surface area (Å²) < 4.78 is 10.6. The minimum absolute atomic E-state index is 0.510. The minimum atomic E-state index is -0.510. The lowest BCUT2D eigenvalue weighted by atomic mass is 10.1. The average Bonchev–Trinajstić information content (AvgIpc) is 2.94. The number of rotatable bonds is 7. The van der Waals surface area contributed by atoms with Gasteiger partial charge in [-0.05, 0) is 32.4 Å². The van der Waals surface area contributed by atoms with Crippen molar-refractivity contribution < 1.29 is 9.26 Å². The number of methoxy groups -OCH3 is 1. The van der Waals surface area contributed by atoms with Crippen molar-refractivity contribution in [3.05, 3.63) is 42.0 Å². The molecule has 0 spiro atoms. The van der Waals surface area contributed by atoms with Gasteiger partial charge in [0.25, 0.3) is 0 Å². The van der Waals surface area contributed by atoms with E-state index in [1.807, 2.05) is 44.2 Å². The highest BCUT2D eigenvalue weighted by Crippen LogP contribution is 2.20. The lowest BCUT2D eigenvalue weighted by Gasteiger charge is -2.17. The van der Waals surface area contributed by atoms with Gasteiger partial charge in [0.15, 0.2) is 0 Å². The molecule has 108 valence electrons. The van der Waals surface area contributed by atoms with Crippen LogP contribution in [0.1, 0.15) is 32.0 Å². The quantitative estimate of drug-likeness (QED) is 0.787. The predicted molar refractivity (Wildman–Crippen MR) is 77.6 cm³/mol. The molecule has 0 saturated carbocycles. The smallest absolute Gasteiger partial charge is 0.226 e. The van der Waals surface area contributed by atoms with Crippen molar-refractivity contribution in [2.24, 2.45) is 0 Å². The van der Waals surface area contributed by atoms with Gasteiger partial charge < -0.3 is 14.6 Å². The van der Waals surface area contributed by atoms with Crippen molar-refractivity contribution in [2.75, 3.05) is 19.0 Å². The molecule has 0 fully saturated rings. The van der Waals surface area contributed by atoms with Crippen LogP contribution in [0.3, 0.4) is 0 Å². The maximum atomic E-state index is 5.32. The van der Waals surface area contributed by atoms with Crippen LogP contribution in [0.15, 0.2) is 34.9 Å². The minimum Gasteiger partial charge on any atom is -0.385 e. The molecule has 0 amide bonds. The van der Waals surface area contributed by atoms with Crippen molar-refractivity contribution in [3.63, 3.8) is 0 Å². The zero-order chi connectivity index (χ0) is 14.4. The van der Waals surface area contributed by atoms with E-state index < -0.39 is 5.60 Å². The number of aromatic nitrogens is 2. The van der Waals surface area contributed by atoms with Gasteiger partial charge in [-0.25, -0.2) is 0 Å². The van der Waals surface area contributed by atoms with E-state index in [1.54, 1.807) is 7.11 Å². The number of nitrogens with one attached hydrogen (secondary N) is 1. The molecular formula is C15H21N3O2. The van der Waals surface area contributed by atoms with Crippen LogP contribution in [0.25, 0.3) is 0 Å². The van der Waals surface area contributed by atoms with E-state index in [0.717, 1.165) is 25.1 Å². The van der Waals surface area contributed by atoms with Crippen LogP contribution in [0.4, 0.5) is 5.69 Å². The monoisotopic (exact) mass is 275 g/mol. The highest BCUT2D eigenvalue weighted by molar-refractivity contribution is 5.42. The predicted octanol–water partition coefficient (Wildman–Crippen LogP) is 3.00. The maximum Gasteiger partial charge on any atom is 0.226 e. The molecule has 0 saturated heterocycles. The maximum absolute atomic E-state index is 5.32. The third-order valence-electron chi connectivity index (χ3n) is 3.19. The van der Waals surface area contributed by atoms with Gasteiger partial charge in [0.2, 0.25) is 11.7 Å². The Morgan fingerprint density at radius 2 is 2.00 bits per heavy atom. The number of nitrogens with zero attached hydrogens (tertiary/aromatic N) is 2. The summed E-state index contributed by atoms with van der Waals surface area (Å²) in [5, 5.41) is 7.31. The van der Waals surface area contributed by atoms with E-state index in [0.29, 0.717) is 11.7 Å². The number of ether oxygens (including phenoxy) is 1. The Hall–Kier alpha value is -1.88. The zero-order valence-corrected chi connectivity index (χ0v) is 12.2. The van der Waals surface area contributed by atoms with Crippen molar-refractivity contribution in [3.8, 4) is 0 Å². The van der Waals surface area contributed by atoms with Gasteiger partial charge in [-0.15, -0.1) is 0 Å². The molecule has 1 N–H and O–H groups in total. The summed E-state index contributed by atoms with van der Waals surface area (Å²) in [7, 11) is 1.64. The van der Waals surface area contributed by atoms with Gasteiger partial charge in [-0.2, -0.15) is 4.98 Å². The summed E-state index contributed by atoms with van der Waals surface area (Å²) in [6.45, 7) is 4.70. The van der Waals surface area contributed by atoms with Crippen LogP contribution in [0.2, 0.25) is 0 Å². The second-order valence-electron chi connectivity index (χ2n) is 5.12. The first kappa shape index (κ1) is 14.5. The second-order valence-corrected chi connectivity index (χ2v) is 5.12. The van der Waals surface area contributed by atoms with Crippen LogP contribution < -0.4 is 5.32 Å². The van der Waals surface area contributed by atoms with Crippen LogP contribution in [-0.4, -0.2) is 23.8 Å². The fourth-order valence-corrected chi connectivity index (χ4v) is 1.72. The Labute approximate surface area is 119 Å². The lowest BCUT2D eigenvalue weighted by Crippen LogP contribution is -2.21. The van der Waals surface area contributed by atoms with Crippen molar-refractivity contribution in [1.29, 1.82) is 0 Å². The molecule has 0 aliphatic carbocycles. The normalized spacial score (nSPS) is 11.6. The van der Waals surface area contributed by atoms with Gasteiger partial charge in [0.1, 0.15) is 5.60 Å².